The predicted octanol–water partition coefficient (Wildman–Crippen LogP) is 2.43. The minimum absolute atomic E-state index is 0.246. The first-order valence-corrected chi connectivity index (χ1v) is 7.64. The third kappa shape index (κ3) is 3.93. The molecule has 0 bridgehead atoms. The molecule has 1 saturated heterocycles. The Morgan fingerprint density at radius 3 is 2.80 bits per heavy atom. The fourth-order valence-corrected chi connectivity index (χ4v) is 2.62. The van der Waals surface area contributed by atoms with Gasteiger partial charge in [0.15, 0.2) is 0 Å². The minimum Gasteiger partial charge on any atom is -0.370 e. The second kappa shape index (κ2) is 6.55. The second-order valence-electron chi connectivity index (χ2n) is 6.39. The molecule has 0 amide bonds. The van der Waals surface area contributed by atoms with E-state index in [-0.39, 0.29) is 5.54 Å². The topological polar surface area (TPSA) is 31.4 Å². The van der Waals surface area contributed by atoms with Crippen molar-refractivity contribution in [2.45, 2.75) is 39.3 Å². The molecule has 0 spiro atoms. The molecule has 0 radical (unpaired) electrons. The van der Waals surface area contributed by atoms with Crippen LogP contribution >= 0.6 is 0 Å². The van der Waals surface area contributed by atoms with E-state index in [1.807, 2.05) is 6.07 Å². The lowest BCUT2D eigenvalue weighted by molar-refractivity contribution is 0.0354. The van der Waals surface area contributed by atoms with Crippen LogP contribution in [0.15, 0.2) is 18.2 Å². The Labute approximate surface area is 123 Å². The van der Waals surface area contributed by atoms with E-state index in [2.05, 4.69) is 55.1 Å². The normalized spacial score (nSPS) is 20.0. The zero-order chi connectivity index (χ0) is 14.6. The molecule has 0 aliphatic carbocycles. The van der Waals surface area contributed by atoms with Gasteiger partial charge >= 0.3 is 0 Å². The molecule has 1 aliphatic rings. The highest BCUT2D eigenvalue weighted by Gasteiger charge is 2.30. The maximum Gasteiger partial charge on any atom is 0.126 e. The van der Waals surface area contributed by atoms with E-state index in [9.17, 15) is 0 Å². The number of rotatable bonds is 5. The van der Waals surface area contributed by atoms with Gasteiger partial charge in [-0.2, -0.15) is 0 Å². The van der Waals surface area contributed by atoms with E-state index < -0.39 is 0 Å². The molecule has 20 heavy (non-hydrogen) atoms. The summed E-state index contributed by atoms with van der Waals surface area (Å²) < 4.78 is 0. The van der Waals surface area contributed by atoms with Gasteiger partial charge in [-0.3, -0.25) is 9.80 Å². The van der Waals surface area contributed by atoms with Crippen LogP contribution in [0.5, 0.6) is 0 Å². The van der Waals surface area contributed by atoms with Crippen molar-refractivity contribution in [1.29, 1.82) is 0 Å². The standard InChI is InChI=1S/C16H28N4/c1-5-9-17-15-8-6-7-14(18-15)12-20-11-10-19(4)16(2,3)13-20/h6-8H,5,9-13H2,1-4H3,(H,17,18). The summed E-state index contributed by atoms with van der Waals surface area (Å²) in [5.74, 6) is 0.998. The number of nitrogens with one attached hydrogen (secondary N) is 1. The lowest BCUT2D eigenvalue weighted by Gasteiger charge is -2.45. The average molecular weight is 276 g/mol. The molecule has 0 aromatic carbocycles. The van der Waals surface area contributed by atoms with Crippen LogP contribution in [0.1, 0.15) is 32.9 Å². The summed E-state index contributed by atoms with van der Waals surface area (Å²) in [5.41, 5.74) is 1.41. The summed E-state index contributed by atoms with van der Waals surface area (Å²) in [6.45, 7) is 12.1. The molecule has 1 aliphatic heterocycles. The highest BCUT2D eigenvalue weighted by atomic mass is 15.3. The summed E-state index contributed by atoms with van der Waals surface area (Å²) in [4.78, 5) is 9.65. The number of piperazine rings is 1. The Kier molecular flexibility index (Phi) is 5.00. The number of nitrogens with zero attached hydrogens (tertiary/aromatic N) is 3. The van der Waals surface area contributed by atoms with Crippen molar-refractivity contribution in [2.75, 3.05) is 38.5 Å². The van der Waals surface area contributed by atoms with Crippen LogP contribution in [0.4, 0.5) is 5.82 Å². The van der Waals surface area contributed by atoms with Crippen molar-refractivity contribution in [3.05, 3.63) is 23.9 Å². The van der Waals surface area contributed by atoms with Crippen molar-refractivity contribution in [3.63, 3.8) is 0 Å². The SMILES string of the molecule is CCCNc1cccc(CN2CCN(C)C(C)(C)C2)n1. The lowest BCUT2D eigenvalue weighted by Crippen LogP contribution is -2.57. The molecule has 2 heterocycles. The highest BCUT2D eigenvalue weighted by Crippen LogP contribution is 2.20. The summed E-state index contributed by atoms with van der Waals surface area (Å²) in [5, 5.41) is 3.36. The molecule has 112 valence electrons. The number of hydrogen-bond donors (Lipinski definition) is 1. The van der Waals surface area contributed by atoms with Crippen molar-refractivity contribution in [3.8, 4) is 0 Å². The van der Waals surface area contributed by atoms with E-state index in [0.717, 1.165) is 50.7 Å². The Morgan fingerprint density at radius 1 is 1.30 bits per heavy atom. The van der Waals surface area contributed by atoms with Crippen LogP contribution in [0.3, 0.4) is 0 Å². The summed E-state index contributed by atoms with van der Waals surface area (Å²) in [6.07, 6.45) is 1.12. The van der Waals surface area contributed by atoms with Crippen molar-refractivity contribution in [2.24, 2.45) is 0 Å². The van der Waals surface area contributed by atoms with Crippen LogP contribution in [0.25, 0.3) is 0 Å². The van der Waals surface area contributed by atoms with E-state index in [4.69, 9.17) is 4.98 Å². The number of pyridine rings is 1. The molecule has 2 rings (SSSR count). The Balaban J connectivity index is 1.96. The van der Waals surface area contributed by atoms with Gasteiger partial charge in [-0.05, 0) is 39.4 Å². The molecular weight excluding hydrogens is 248 g/mol. The molecular formula is C16H28N4. The fourth-order valence-electron chi connectivity index (χ4n) is 2.62. The maximum atomic E-state index is 4.70. The molecule has 0 unspecified atom stereocenters. The van der Waals surface area contributed by atoms with Crippen LogP contribution in [-0.4, -0.2) is 53.5 Å². The van der Waals surface area contributed by atoms with Gasteiger partial charge < -0.3 is 5.32 Å². The van der Waals surface area contributed by atoms with E-state index in [1.165, 1.54) is 0 Å². The largest absolute Gasteiger partial charge is 0.370 e. The smallest absolute Gasteiger partial charge is 0.126 e. The third-order valence-corrected chi connectivity index (χ3v) is 4.14. The highest BCUT2D eigenvalue weighted by molar-refractivity contribution is 5.35. The first-order valence-electron chi connectivity index (χ1n) is 7.64. The van der Waals surface area contributed by atoms with Crippen molar-refractivity contribution >= 4 is 5.82 Å². The lowest BCUT2D eigenvalue weighted by atomic mass is 9.99. The summed E-state index contributed by atoms with van der Waals surface area (Å²) in [7, 11) is 2.21. The van der Waals surface area contributed by atoms with Crippen LogP contribution in [-0.2, 0) is 6.54 Å². The van der Waals surface area contributed by atoms with Crippen molar-refractivity contribution < 1.29 is 0 Å². The molecule has 1 fully saturated rings. The minimum atomic E-state index is 0.246. The van der Waals surface area contributed by atoms with Crippen LogP contribution in [0, 0.1) is 0 Å². The van der Waals surface area contributed by atoms with E-state index in [1.54, 1.807) is 0 Å². The predicted molar refractivity (Wildman–Crippen MR) is 85.0 cm³/mol. The van der Waals surface area contributed by atoms with Crippen LogP contribution < -0.4 is 5.32 Å². The van der Waals surface area contributed by atoms with Gasteiger partial charge in [0, 0.05) is 38.3 Å². The third-order valence-electron chi connectivity index (χ3n) is 4.14. The number of hydrogen-bond acceptors (Lipinski definition) is 4. The zero-order valence-electron chi connectivity index (χ0n) is 13.3. The summed E-state index contributed by atoms with van der Waals surface area (Å²) in [6, 6.07) is 6.27. The van der Waals surface area contributed by atoms with Crippen molar-refractivity contribution in [1.82, 2.24) is 14.8 Å². The van der Waals surface area contributed by atoms with Gasteiger partial charge in [0.05, 0.1) is 5.69 Å². The number of aromatic nitrogens is 1. The fraction of sp³-hybridized carbons (Fsp3) is 0.688. The van der Waals surface area contributed by atoms with Gasteiger partial charge in [-0.15, -0.1) is 0 Å². The maximum absolute atomic E-state index is 4.70. The molecule has 0 saturated carbocycles. The molecule has 4 heteroatoms. The zero-order valence-corrected chi connectivity index (χ0v) is 13.3. The van der Waals surface area contributed by atoms with Gasteiger partial charge in [0.1, 0.15) is 5.82 Å². The molecule has 1 aromatic rings. The van der Waals surface area contributed by atoms with Gasteiger partial charge in [-0.1, -0.05) is 13.0 Å². The Bertz CT molecular complexity index is 430. The molecule has 4 nitrogen and oxygen atoms in total. The van der Waals surface area contributed by atoms with Gasteiger partial charge in [0.2, 0.25) is 0 Å². The van der Waals surface area contributed by atoms with E-state index in [0.29, 0.717) is 0 Å². The number of anilines is 1. The number of likely N-dealkylation sites (N-methyl/N-ethyl adjacent to an activating group) is 1. The average Bonchev–Trinajstić information content (AvgIpc) is 2.41. The Morgan fingerprint density at radius 2 is 2.10 bits per heavy atom. The molecule has 1 N–H and O–H groups in total. The monoisotopic (exact) mass is 276 g/mol. The second-order valence-corrected chi connectivity index (χ2v) is 6.39. The van der Waals surface area contributed by atoms with E-state index >= 15 is 0 Å². The van der Waals surface area contributed by atoms with Gasteiger partial charge in [0.25, 0.3) is 0 Å². The summed E-state index contributed by atoms with van der Waals surface area (Å²) >= 11 is 0. The molecule has 1 aromatic heterocycles. The first kappa shape index (κ1) is 15.3. The molecule has 0 atom stereocenters. The Hall–Kier alpha value is -1.13. The van der Waals surface area contributed by atoms with Crippen LogP contribution in [0.2, 0.25) is 0 Å². The van der Waals surface area contributed by atoms with Gasteiger partial charge in [-0.25, -0.2) is 4.98 Å². The first-order chi connectivity index (χ1) is 9.51. The quantitative estimate of drug-likeness (QED) is 0.895.